The number of carbonyl (C=O) groups is 1. The topological polar surface area (TPSA) is 94.3 Å². The van der Waals surface area contributed by atoms with E-state index in [4.69, 9.17) is 20.8 Å². The summed E-state index contributed by atoms with van der Waals surface area (Å²) in [4.78, 5) is 37.6. The van der Waals surface area contributed by atoms with Gasteiger partial charge in [-0.2, -0.15) is 0 Å². The van der Waals surface area contributed by atoms with E-state index in [1.165, 1.54) is 6.20 Å². The van der Waals surface area contributed by atoms with Crippen molar-refractivity contribution in [3.05, 3.63) is 67.6 Å². The second kappa shape index (κ2) is 6.37. The number of aromatic nitrogens is 2. The number of fused-ring (bicyclic) bond motifs is 1. The minimum absolute atomic E-state index is 0.0713. The molecule has 2 heterocycles. The monoisotopic (exact) mass is 348 g/mol. The van der Waals surface area contributed by atoms with Crippen molar-refractivity contribution < 1.29 is 13.9 Å². The molecule has 0 unspecified atom stereocenters. The quantitative estimate of drug-likeness (QED) is 0.729. The number of rotatable bonds is 4. The van der Waals surface area contributed by atoms with Gasteiger partial charge in [-0.25, -0.2) is 9.59 Å². The molecule has 2 aromatic heterocycles. The third kappa shape index (κ3) is 2.85. The van der Waals surface area contributed by atoms with Crippen LogP contribution >= 0.6 is 11.6 Å². The largest absolute Gasteiger partial charge is 0.462 e. The Hall–Kier alpha value is -2.80. The Kier molecular flexibility index (Phi) is 4.26. The number of nitrogens with zero attached hydrogens (tertiary/aromatic N) is 1. The van der Waals surface area contributed by atoms with Gasteiger partial charge in [-0.1, -0.05) is 29.8 Å². The van der Waals surface area contributed by atoms with E-state index < -0.39 is 17.2 Å². The van der Waals surface area contributed by atoms with Gasteiger partial charge in [0.15, 0.2) is 0 Å². The maximum atomic E-state index is 12.3. The van der Waals surface area contributed by atoms with Gasteiger partial charge in [-0.3, -0.25) is 14.3 Å². The molecular weight excluding hydrogens is 336 g/mol. The average Bonchev–Trinajstić information content (AvgIpc) is 2.90. The van der Waals surface area contributed by atoms with Crippen LogP contribution in [-0.4, -0.2) is 22.1 Å². The maximum absolute atomic E-state index is 12.3. The van der Waals surface area contributed by atoms with Gasteiger partial charge in [-0.05, 0) is 13.0 Å². The minimum atomic E-state index is -0.673. The van der Waals surface area contributed by atoms with Crippen molar-refractivity contribution in [1.82, 2.24) is 9.55 Å². The number of H-pyrrole nitrogens is 1. The van der Waals surface area contributed by atoms with E-state index in [0.29, 0.717) is 11.0 Å². The Labute approximate surface area is 140 Å². The van der Waals surface area contributed by atoms with Crippen molar-refractivity contribution in [3.63, 3.8) is 0 Å². The first-order valence-electron chi connectivity index (χ1n) is 7.18. The van der Waals surface area contributed by atoms with E-state index in [1.807, 2.05) is 0 Å². The molecule has 8 heteroatoms. The van der Waals surface area contributed by atoms with E-state index in [2.05, 4.69) is 4.98 Å². The number of furan rings is 1. The molecule has 0 saturated carbocycles. The number of nitrogens with one attached hydrogen (secondary N) is 1. The molecule has 0 atom stereocenters. The van der Waals surface area contributed by atoms with Crippen LogP contribution in [0.5, 0.6) is 0 Å². The first-order valence-corrected chi connectivity index (χ1v) is 7.56. The molecular formula is C16H13ClN2O5. The van der Waals surface area contributed by atoms with E-state index in [9.17, 15) is 14.4 Å². The number of benzene rings is 1. The Morgan fingerprint density at radius 1 is 1.33 bits per heavy atom. The summed E-state index contributed by atoms with van der Waals surface area (Å²) in [6, 6.07) is 6.99. The Morgan fingerprint density at radius 3 is 2.83 bits per heavy atom. The molecule has 3 aromatic rings. The van der Waals surface area contributed by atoms with Gasteiger partial charge in [-0.15, -0.1) is 0 Å². The van der Waals surface area contributed by atoms with E-state index >= 15 is 0 Å². The highest BCUT2D eigenvalue weighted by Gasteiger charge is 2.22. The van der Waals surface area contributed by atoms with Crippen molar-refractivity contribution in [2.75, 3.05) is 6.61 Å². The fraction of sp³-hybridized carbons (Fsp3) is 0.188. The molecule has 0 saturated heterocycles. The van der Waals surface area contributed by atoms with Crippen LogP contribution in [0.2, 0.25) is 5.02 Å². The van der Waals surface area contributed by atoms with Crippen molar-refractivity contribution in [2.45, 2.75) is 13.5 Å². The predicted octanol–water partition coefficient (Wildman–Crippen LogP) is 2.16. The lowest BCUT2D eigenvalue weighted by Gasteiger charge is -2.06. The van der Waals surface area contributed by atoms with Crippen LogP contribution < -0.4 is 11.2 Å². The zero-order valence-electron chi connectivity index (χ0n) is 12.7. The predicted molar refractivity (Wildman–Crippen MR) is 87.6 cm³/mol. The normalized spacial score (nSPS) is 10.9. The summed E-state index contributed by atoms with van der Waals surface area (Å²) in [5.74, 6) is -0.291. The van der Waals surface area contributed by atoms with Crippen LogP contribution in [0.1, 0.15) is 23.0 Å². The van der Waals surface area contributed by atoms with Crippen LogP contribution in [0, 0.1) is 0 Å². The van der Waals surface area contributed by atoms with Crippen LogP contribution in [0.4, 0.5) is 0 Å². The molecule has 24 heavy (non-hydrogen) atoms. The number of esters is 1. The molecule has 7 nitrogen and oxygen atoms in total. The third-order valence-electron chi connectivity index (χ3n) is 3.43. The summed E-state index contributed by atoms with van der Waals surface area (Å²) >= 11 is 5.76. The van der Waals surface area contributed by atoms with Crippen molar-refractivity contribution in [3.8, 4) is 0 Å². The van der Waals surface area contributed by atoms with Gasteiger partial charge in [0.05, 0.1) is 13.2 Å². The Morgan fingerprint density at radius 2 is 2.08 bits per heavy atom. The zero-order valence-corrected chi connectivity index (χ0v) is 13.4. The number of hydrogen-bond acceptors (Lipinski definition) is 5. The highest BCUT2D eigenvalue weighted by molar-refractivity contribution is 6.30. The molecule has 3 rings (SSSR count). The SMILES string of the molecule is CCOC(=O)c1c(Cn2cc(Cl)c(=O)[nH]c2=O)oc2ccccc12. The Bertz CT molecular complexity index is 1030. The minimum Gasteiger partial charge on any atom is -0.462 e. The summed E-state index contributed by atoms with van der Waals surface area (Å²) < 4.78 is 11.9. The third-order valence-corrected chi connectivity index (χ3v) is 3.70. The van der Waals surface area contributed by atoms with Crippen molar-refractivity contribution in [2.24, 2.45) is 0 Å². The summed E-state index contributed by atoms with van der Waals surface area (Å²) in [6.45, 7) is 1.84. The van der Waals surface area contributed by atoms with E-state index in [-0.39, 0.29) is 29.5 Å². The fourth-order valence-corrected chi connectivity index (χ4v) is 2.55. The molecule has 0 aliphatic heterocycles. The lowest BCUT2D eigenvalue weighted by molar-refractivity contribution is 0.0525. The molecule has 0 spiro atoms. The molecule has 1 aromatic carbocycles. The number of hydrogen-bond donors (Lipinski definition) is 1. The number of aromatic amines is 1. The molecule has 0 aliphatic carbocycles. The van der Waals surface area contributed by atoms with Crippen LogP contribution in [0.3, 0.4) is 0 Å². The summed E-state index contributed by atoms with van der Waals surface area (Å²) in [7, 11) is 0. The lowest BCUT2D eigenvalue weighted by Crippen LogP contribution is -2.30. The number of para-hydroxylation sites is 1. The summed E-state index contributed by atoms with van der Waals surface area (Å²) in [5, 5.41) is 0.456. The zero-order chi connectivity index (χ0) is 17.3. The molecule has 124 valence electrons. The van der Waals surface area contributed by atoms with Crippen LogP contribution in [0.25, 0.3) is 11.0 Å². The standard InChI is InChI=1S/C16H13ClN2O5/c1-2-23-15(21)13-9-5-3-4-6-11(9)24-12(13)8-19-7-10(17)14(20)18-16(19)22/h3-7H,2,8H2,1H3,(H,18,20,22). The lowest BCUT2D eigenvalue weighted by atomic mass is 10.1. The first kappa shape index (κ1) is 16.1. The van der Waals surface area contributed by atoms with Gasteiger partial charge in [0.25, 0.3) is 5.56 Å². The van der Waals surface area contributed by atoms with Gasteiger partial charge in [0.1, 0.15) is 21.9 Å². The van der Waals surface area contributed by atoms with E-state index in [1.54, 1.807) is 31.2 Å². The van der Waals surface area contributed by atoms with Crippen molar-refractivity contribution >= 4 is 28.5 Å². The van der Waals surface area contributed by atoms with E-state index in [0.717, 1.165) is 4.57 Å². The van der Waals surface area contributed by atoms with Crippen LogP contribution in [0.15, 0.2) is 44.5 Å². The fourth-order valence-electron chi connectivity index (χ4n) is 2.39. The highest BCUT2D eigenvalue weighted by Crippen LogP contribution is 2.27. The van der Waals surface area contributed by atoms with Gasteiger partial charge < -0.3 is 9.15 Å². The number of ether oxygens (including phenoxy) is 1. The summed E-state index contributed by atoms with van der Waals surface area (Å²) in [6.07, 6.45) is 1.20. The first-order chi connectivity index (χ1) is 11.5. The second-order valence-electron chi connectivity index (χ2n) is 4.98. The molecule has 0 aliphatic rings. The van der Waals surface area contributed by atoms with Gasteiger partial charge >= 0.3 is 11.7 Å². The van der Waals surface area contributed by atoms with Crippen LogP contribution in [-0.2, 0) is 11.3 Å². The molecule has 0 amide bonds. The van der Waals surface area contributed by atoms with Gasteiger partial charge in [0, 0.05) is 11.6 Å². The maximum Gasteiger partial charge on any atom is 0.342 e. The van der Waals surface area contributed by atoms with Crippen molar-refractivity contribution in [1.29, 1.82) is 0 Å². The Balaban J connectivity index is 2.14. The molecule has 0 radical (unpaired) electrons. The molecule has 1 N–H and O–H groups in total. The molecule has 0 bridgehead atoms. The number of carbonyl (C=O) groups excluding carboxylic acids is 1. The summed E-state index contributed by atoms with van der Waals surface area (Å²) in [5.41, 5.74) is -0.575. The smallest absolute Gasteiger partial charge is 0.342 e. The second-order valence-corrected chi connectivity index (χ2v) is 5.39. The molecule has 0 fully saturated rings. The van der Waals surface area contributed by atoms with Gasteiger partial charge in [0.2, 0.25) is 0 Å². The highest BCUT2D eigenvalue weighted by atomic mass is 35.5. The number of halogens is 1. The average molecular weight is 349 g/mol.